The second-order valence-corrected chi connectivity index (χ2v) is 15.2. The molecule has 1 N–H and O–H groups in total. The van der Waals surface area contributed by atoms with Gasteiger partial charge >= 0.3 is 0 Å². The number of carbonyl (C=O) groups excluding carboxylic acids is 2. The monoisotopic (exact) mass is 540 g/mol. The van der Waals surface area contributed by atoms with Crippen LogP contribution in [-0.2, 0) is 27.3 Å². The molecule has 1 fully saturated rings. The van der Waals surface area contributed by atoms with E-state index in [2.05, 4.69) is 0 Å². The largest absolute Gasteiger partial charge is 0.490 e. The van der Waals surface area contributed by atoms with Crippen LogP contribution in [0, 0.1) is 5.92 Å². The Hall–Kier alpha value is -2.75. The molecule has 3 aliphatic heterocycles. The van der Waals surface area contributed by atoms with Crippen molar-refractivity contribution in [3.05, 3.63) is 59.2 Å². The van der Waals surface area contributed by atoms with Gasteiger partial charge in [0.15, 0.2) is 0 Å². The average Bonchev–Trinajstić information content (AvgIpc) is 2.89. The highest BCUT2D eigenvalue weighted by atomic mass is 28.4. The number of nitrogens with zero attached hydrogens (tertiary/aromatic N) is 2. The minimum absolute atomic E-state index is 0.00945. The number of aliphatic hydroxyl groups is 1. The lowest BCUT2D eigenvalue weighted by Crippen LogP contribution is -2.50. The average molecular weight is 541 g/mol. The van der Waals surface area contributed by atoms with Crippen LogP contribution in [0.2, 0.25) is 18.6 Å². The molecular formula is C29H37FN2O5Si. The van der Waals surface area contributed by atoms with Crippen LogP contribution in [0.5, 0.6) is 5.75 Å². The maximum atomic E-state index is 16.0. The maximum absolute atomic E-state index is 16.0. The fraction of sp³-hybridized carbons (Fsp3) is 0.517. The molecule has 2 amide bonds. The first-order valence-electron chi connectivity index (χ1n) is 13.4. The van der Waals surface area contributed by atoms with Gasteiger partial charge in [-0.15, -0.1) is 0 Å². The number of hydrogen-bond donors (Lipinski definition) is 1. The molecule has 3 aliphatic rings. The van der Waals surface area contributed by atoms with Crippen molar-refractivity contribution in [2.75, 3.05) is 25.2 Å². The molecule has 0 radical (unpaired) electrons. The van der Waals surface area contributed by atoms with Crippen LogP contribution in [0.4, 0.5) is 9.80 Å². The summed E-state index contributed by atoms with van der Waals surface area (Å²) in [5.74, 6) is 0.314. The first-order chi connectivity index (χ1) is 18.1. The first-order valence-corrected chi connectivity index (χ1v) is 16.4. The quantitative estimate of drug-likeness (QED) is 0.320. The van der Waals surface area contributed by atoms with E-state index in [1.54, 1.807) is 30.0 Å². The van der Waals surface area contributed by atoms with Crippen LogP contribution in [0.1, 0.15) is 42.6 Å². The van der Waals surface area contributed by atoms with E-state index >= 15 is 4.11 Å². The van der Waals surface area contributed by atoms with Crippen LogP contribution < -0.4 is 9.64 Å². The van der Waals surface area contributed by atoms with Crippen LogP contribution in [0.25, 0.3) is 0 Å². The second kappa shape index (κ2) is 10.4. The van der Waals surface area contributed by atoms with Gasteiger partial charge < -0.3 is 28.5 Å². The van der Waals surface area contributed by atoms with Crippen LogP contribution in [0.15, 0.2) is 42.5 Å². The number of amides is 2. The lowest BCUT2D eigenvalue weighted by molar-refractivity contribution is -0.136. The van der Waals surface area contributed by atoms with Gasteiger partial charge in [0.25, 0.3) is 0 Å². The van der Waals surface area contributed by atoms with E-state index in [9.17, 15) is 14.7 Å². The predicted molar refractivity (Wildman–Crippen MR) is 145 cm³/mol. The molecule has 38 heavy (non-hydrogen) atoms. The van der Waals surface area contributed by atoms with Crippen LogP contribution in [0.3, 0.4) is 0 Å². The number of benzene rings is 2. The van der Waals surface area contributed by atoms with Gasteiger partial charge in [-0.05, 0) is 48.8 Å². The highest BCUT2D eigenvalue weighted by molar-refractivity contribution is 6.72. The summed E-state index contributed by atoms with van der Waals surface area (Å²) in [6, 6.07) is 13.2. The summed E-state index contributed by atoms with van der Waals surface area (Å²) in [5, 5.41) is 10.1. The van der Waals surface area contributed by atoms with Crippen molar-refractivity contribution >= 4 is 25.9 Å². The molecular weight excluding hydrogens is 503 g/mol. The van der Waals surface area contributed by atoms with Gasteiger partial charge in [0.05, 0.1) is 18.8 Å². The summed E-state index contributed by atoms with van der Waals surface area (Å²) in [6.45, 7) is 6.20. The minimum atomic E-state index is -3.39. The van der Waals surface area contributed by atoms with Gasteiger partial charge in [0.1, 0.15) is 11.9 Å². The Balaban J connectivity index is 1.41. The lowest BCUT2D eigenvalue weighted by atomic mass is 9.85. The third-order valence-corrected chi connectivity index (χ3v) is 10.8. The smallest absolute Gasteiger partial charge is 0.248 e. The molecule has 5 rings (SSSR count). The Morgan fingerprint density at radius 3 is 2.58 bits per heavy atom. The van der Waals surface area contributed by atoms with Gasteiger partial charge in [-0.3, -0.25) is 9.59 Å². The number of fused-ring (bicyclic) bond motifs is 2. The van der Waals surface area contributed by atoms with E-state index in [1.165, 1.54) is 0 Å². The molecule has 3 heterocycles. The number of ether oxygens (including phenoxy) is 2. The van der Waals surface area contributed by atoms with Crippen LogP contribution >= 0.6 is 0 Å². The van der Waals surface area contributed by atoms with Crippen molar-refractivity contribution in [3.63, 3.8) is 0 Å². The van der Waals surface area contributed by atoms with Crippen molar-refractivity contribution in [3.8, 4) is 5.75 Å². The topological polar surface area (TPSA) is 79.3 Å². The number of rotatable bonds is 7. The summed E-state index contributed by atoms with van der Waals surface area (Å²) in [5.41, 5.74) is 3.24. The zero-order valence-electron chi connectivity index (χ0n) is 22.5. The highest BCUT2D eigenvalue weighted by Gasteiger charge is 2.49. The third-order valence-electron chi connectivity index (χ3n) is 8.53. The second-order valence-electron chi connectivity index (χ2n) is 11.3. The summed E-state index contributed by atoms with van der Waals surface area (Å²) < 4.78 is 28.4. The van der Waals surface area contributed by atoms with Gasteiger partial charge in [-0.2, -0.15) is 0 Å². The Bertz CT molecular complexity index is 1220. The molecule has 2 aromatic carbocycles. The Kier molecular flexibility index (Phi) is 7.37. The number of methoxy groups -OCH3 is 1. The lowest BCUT2D eigenvalue weighted by Gasteiger charge is -2.44. The van der Waals surface area contributed by atoms with E-state index in [-0.39, 0.29) is 42.9 Å². The van der Waals surface area contributed by atoms with Crippen molar-refractivity contribution in [1.29, 1.82) is 0 Å². The van der Waals surface area contributed by atoms with Crippen molar-refractivity contribution in [2.45, 2.75) is 69.6 Å². The van der Waals surface area contributed by atoms with E-state index in [0.29, 0.717) is 31.7 Å². The normalized spacial score (nSPS) is 25.7. The fourth-order valence-corrected chi connectivity index (χ4v) is 8.03. The Labute approximate surface area is 224 Å². The number of halogens is 1. The minimum Gasteiger partial charge on any atom is -0.490 e. The molecule has 0 aliphatic carbocycles. The Morgan fingerprint density at radius 1 is 1.24 bits per heavy atom. The van der Waals surface area contributed by atoms with Crippen molar-refractivity contribution < 1.29 is 28.3 Å². The maximum Gasteiger partial charge on any atom is 0.248 e. The molecule has 2 aromatic rings. The van der Waals surface area contributed by atoms with Crippen molar-refractivity contribution in [2.24, 2.45) is 5.92 Å². The molecule has 1 saturated heterocycles. The molecule has 204 valence electrons. The van der Waals surface area contributed by atoms with E-state index in [4.69, 9.17) is 9.47 Å². The first kappa shape index (κ1) is 26.8. The zero-order chi connectivity index (χ0) is 27.2. The summed E-state index contributed by atoms with van der Waals surface area (Å²) in [7, 11) is -1.76. The molecule has 0 aromatic heterocycles. The number of aliphatic hydroxyl groups excluding tert-OH is 1. The highest BCUT2D eigenvalue weighted by Crippen LogP contribution is 2.48. The van der Waals surface area contributed by atoms with Crippen molar-refractivity contribution in [1.82, 2.24) is 4.90 Å². The number of β-lactam (4-membered cyclic amide) rings is 1. The zero-order valence-corrected chi connectivity index (χ0v) is 23.5. The molecule has 0 bridgehead atoms. The third kappa shape index (κ3) is 4.87. The number of anilines is 1. The molecule has 5 atom stereocenters. The SMILES string of the molecule is CO[C@H]1c2cc(N3CCC3=O)ccc2O[C@@H](C(CC(=O)N2Cc3ccccc3C[C@H]2CO)[Si](C)(C)F)[C@@H]1C. The molecule has 1 unspecified atom stereocenters. The molecule has 0 saturated carbocycles. The number of carbonyl (C=O) groups is 2. The number of hydrogen-bond acceptors (Lipinski definition) is 5. The predicted octanol–water partition coefficient (Wildman–Crippen LogP) is 4.39. The fourth-order valence-electron chi connectivity index (χ4n) is 6.22. The van der Waals surface area contributed by atoms with E-state index in [1.807, 2.05) is 49.4 Å². The van der Waals surface area contributed by atoms with E-state index < -0.39 is 20.1 Å². The summed E-state index contributed by atoms with van der Waals surface area (Å²) in [6.07, 6.45) is 0.225. The molecule has 9 heteroatoms. The molecule has 7 nitrogen and oxygen atoms in total. The van der Waals surface area contributed by atoms with Gasteiger partial charge in [0, 0.05) is 55.8 Å². The summed E-state index contributed by atoms with van der Waals surface area (Å²) >= 11 is 0. The van der Waals surface area contributed by atoms with Gasteiger partial charge in [-0.25, -0.2) is 0 Å². The Morgan fingerprint density at radius 2 is 1.97 bits per heavy atom. The van der Waals surface area contributed by atoms with Crippen LogP contribution in [-0.4, -0.2) is 62.6 Å². The standard InChI is InChI=1S/C29H37FN2O5Si/c1-18-28(36-2)23-14-21(31-12-11-26(31)34)9-10-24(23)37-29(18)25(38(3,4)30)15-27(35)32-16-20-8-6-5-7-19(20)13-22(32)17-33/h5-10,14,18,22,25,28-29,33H,11-13,15-17H2,1-4H3/t18-,22+,25?,28-,29-/m1/s1. The van der Waals surface area contributed by atoms with Gasteiger partial charge in [0.2, 0.25) is 20.2 Å². The van der Waals surface area contributed by atoms with E-state index in [0.717, 1.165) is 22.4 Å². The van der Waals surface area contributed by atoms with Gasteiger partial charge in [-0.1, -0.05) is 31.2 Å². The summed E-state index contributed by atoms with van der Waals surface area (Å²) in [4.78, 5) is 29.1. The molecule has 0 spiro atoms.